The lowest BCUT2D eigenvalue weighted by Gasteiger charge is -2.26. The third kappa shape index (κ3) is 5.02. The lowest BCUT2D eigenvalue weighted by molar-refractivity contribution is -0.119. The van der Waals surface area contributed by atoms with Crippen LogP contribution in [0.25, 0.3) is 0 Å². The third-order valence-corrected chi connectivity index (χ3v) is 2.69. The van der Waals surface area contributed by atoms with E-state index >= 15 is 0 Å². The second kappa shape index (κ2) is 5.80. The number of amides is 1. The maximum absolute atomic E-state index is 11.0. The monoisotopic (exact) mass is 294 g/mol. The maximum Gasteiger partial charge on any atom is 0.228 e. The number of nitrogens with one attached hydrogen (secondary N) is 2. The van der Waals surface area contributed by atoms with Gasteiger partial charge in [-0.15, -0.1) is 0 Å². The summed E-state index contributed by atoms with van der Waals surface area (Å²) in [5.74, 6) is -0.277. The molecule has 0 saturated heterocycles. The van der Waals surface area contributed by atoms with Gasteiger partial charge in [0.05, 0.1) is 0 Å². The first-order chi connectivity index (χ1) is 7.79. The molecule has 1 aromatic carbocycles. The van der Waals surface area contributed by atoms with Crippen LogP contribution >= 0.6 is 34.8 Å². The summed E-state index contributed by atoms with van der Waals surface area (Å²) in [6.07, 6.45) is -0.785. The van der Waals surface area contributed by atoms with Gasteiger partial charge in [0.25, 0.3) is 0 Å². The van der Waals surface area contributed by atoms with Gasteiger partial charge in [0.1, 0.15) is 6.17 Å². The quantitative estimate of drug-likeness (QED) is 0.664. The molecule has 17 heavy (non-hydrogen) atoms. The first-order valence-corrected chi connectivity index (χ1v) is 6.09. The lowest BCUT2D eigenvalue weighted by atomic mass is 10.2. The highest BCUT2D eigenvalue weighted by Gasteiger charge is 2.33. The Morgan fingerprint density at radius 2 is 1.76 bits per heavy atom. The summed E-state index contributed by atoms with van der Waals surface area (Å²) in [4.78, 5) is 11.0. The number of carbonyl (C=O) groups excluding carboxylic acids is 1. The molecule has 0 radical (unpaired) electrons. The highest BCUT2D eigenvalue weighted by molar-refractivity contribution is 6.68. The van der Waals surface area contributed by atoms with Crippen molar-refractivity contribution in [3.8, 4) is 0 Å². The Bertz CT molecular complexity index is 387. The topological polar surface area (TPSA) is 41.1 Å². The number of alkyl halides is 3. The molecule has 1 amide bonds. The van der Waals surface area contributed by atoms with E-state index in [9.17, 15) is 4.79 Å². The van der Waals surface area contributed by atoms with Crippen LogP contribution in [0, 0.1) is 6.92 Å². The van der Waals surface area contributed by atoms with Gasteiger partial charge in [-0.2, -0.15) is 0 Å². The molecule has 0 aliphatic rings. The summed E-state index contributed by atoms with van der Waals surface area (Å²) < 4.78 is -1.63. The average molecular weight is 296 g/mol. The van der Waals surface area contributed by atoms with Crippen molar-refractivity contribution >= 4 is 46.4 Å². The molecule has 3 nitrogen and oxygen atoms in total. The van der Waals surface area contributed by atoms with Gasteiger partial charge in [-0.1, -0.05) is 52.5 Å². The first-order valence-electron chi connectivity index (χ1n) is 4.96. The number of carbonyl (C=O) groups is 1. The molecule has 6 heteroatoms. The molecule has 0 aliphatic carbocycles. The molecule has 0 heterocycles. The smallest absolute Gasteiger partial charge is 0.228 e. The molecule has 0 bridgehead atoms. The molecule has 94 valence electrons. The van der Waals surface area contributed by atoms with Gasteiger partial charge in [0.2, 0.25) is 9.70 Å². The van der Waals surface area contributed by atoms with E-state index in [-0.39, 0.29) is 5.91 Å². The van der Waals surface area contributed by atoms with Crippen molar-refractivity contribution in [2.75, 3.05) is 5.32 Å². The number of hydrogen-bond acceptors (Lipinski definition) is 2. The number of benzene rings is 1. The molecular weight excluding hydrogens is 282 g/mol. The van der Waals surface area contributed by atoms with E-state index in [2.05, 4.69) is 10.6 Å². The Labute approximate surface area is 115 Å². The highest BCUT2D eigenvalue weighted by atomic mass is 35.6. The van der Waals surface area contributed by atoms with Gasteiger partial charge in [-0.25, -0.2) is 0 Å². The number of aryl methyl sites for hydroxylation is 1. The zero-order valence-corrected chi connectivity index (χ0v) is 11.7. The Balaban J connectivity index is 2.79. The van der Waals surface area contributed by atoms with Crippen molar-refractivity contribution in [2.24, 2.45) is 0 Å². The van der Waals surface area contributed by atoms with Crippen LogP contribution in [0.3, 0.4) is 0 Å². The largest absolute Gasteiger partial charge is 0.362 e. The van der Waals surface area contributed by atoms with Crippen LogP contribution in [0.15, 0.2) is 24.3 Å². The molecule has 1 unspecified atom stereocenters. The summed E-state index contributed by atoms with van der Waals surface area (Å²) in [6.45, 7) is 3.34. The molecular formula is C11H13Cl3N2O. The Morgan fingerprint density at radius 3 is 2.18 bits per heavy atom. The standard InChI is InChI=1S/C11H13Cl3N2O/c1-7-3-5-9(6-4-7)16-10(11(12,13)14)15-8(2)17/h3-6,10,16H,1-2H3,(H,15,17). The molecule has 0 saturated carbocycles. The van der Waals surface area contributed by atoms with Crippen LogP contribution in [0.1, 0.15) is 12.5 Å². The number of rotatable bonds is 3. The van der Waals surface area contributed by atoms with E-state index < -0.39 is 9.96 Å². The fraction of sp³-hybridized carbons (Fsp3) is 0.364. The second-order valence-electron chi connectivity index (χ2n) is 3.69. The normalized spacial score (nSPS) is 13.0. The Morgan fingerprint density at radius 1 is 1.24 bits per heavy atom. The third-order valence-electron chi connectivity index (χ3n) is 2.04. The molecule has 0 fully saturated rings. The number of hydrogen-bond donors (Lipinski definition) is 2. The molecule has 0 aromatic heterocycles. The van der Waals surface area contributed by atoms with Crippen molar-refractivity contribution in [2.45, 2.75) is 23.8 Å². The minimum atomic E-state index is -1.63. The predicted molar refractivity (Wildman–Crippen MR) is 72.7 cm³/mol. The zero-order valence-electron chi connectivity index (χ0n) is 9.43. The molecule has 1 atom stereocenters. The average Bonchev–Trinajstić information content (AvgIpc) is 2.18. The maximum atomic E-state index is 11.0. The van der Waals surface area contributed by atoms with E-state index in [4.69, 9.17) is 34.8 Å². The Hall–Kier alpha value is -0.640. The minimum Gasteiger partial charge on any atom is -0.362 e. The molecule has 0 aliphatic heterocycles. The highest BCUT2D eigenvalue weighted by Crippen LogP contribution is 2.31. The van der Waals surface area contributed by atoms with Gasteiger partial charge in [0.15, 0.2) is 0 Å². The molecule has 1 rings (SSSR count). The van der Waals surface area contributed by atoms with Crippen molar-refractivity contribution in [1.82, 2.24) is 5.32 Å². The van der Waals surface area contributed by atoms with Gasteiger partial charge in [-0.05, 0) is 19.1 Å². The fourth-order valence-corrected chi connectivity index (χ4v) is 1.55. The summed E-state index contributed by atoms with van der Waals surface area (Å²) in [7, 11) is 0. The summed E-state index contributed by atoms with van der Waals surface area (Å²) >= 11 is 17.3. The van der Waals surface area contributed by atoms with Gasteiger partial charge in [0, 0.05) is 12.6 Å². The van der Waals surface area contributed by atoms with E-state index in [0.29, 0.717) is 0 Å². The summed E-state index contributed by atoms with van der Waals surface area (Å²) in [5, 5.41) is 5.49. The van der Waals surface area contributed by atoms with E-state index in [0.717, 1.165) is 11.3 Å². The van der Waals surface area contributed by atoms with Crippen LogP contribution in [0.5, 0.6) is 0 Å². The van der Waals surface area contributed by atoms with Crippen LogP contribution in [-0.4, -0.2) is 15.9 Å². The molecule has 1 aromatic rings. The SMILES string of the molecule is CC(=O)NC(Nc1ccc(C)cc1)C(Cl)(Cl)Cl. The van der Waals surface area contributed by atoms with Crippen molar-refractivity contribution in [3.05, 3.63) is 29.8 Å². The zero-order chi connectivity index (χ0) is 13.1. The van der Waals surface area contributed by atoms with Gasteiger partial charge in [-0.3, -0.25) is 4.79 Å². The van der Waals surface area contributed by atoms with E-state index in [1.54, 1.807) is 0 Å². The lowest BCUT2D eigenvalue weighted by Crippen LogP contribution is -2.48. The predicted octanol–water partition coefficient (Wildman–Crippen LogP) is 3.24. The van der Waals surface area contributed by atoms with Crippen LogP contribution in [0.4, 0.5) is 5.69 Å². The molecule has 0 spiro atoms. The Kier molecular flexibility index (Phi) is 4.92. The second-order valence-corrected chi connectivity index (χ2v) is 6.05. The number of anilines is 1. The fourth-order valence-electron chi connectivity index (χ4n) is 1.22. The van der Waals surface area contributed by atoms with Crippen LogP contribution < -0.4 is 10.6 Å². The van der Waals surface area contributed by atoms with Gasteiger partial charge >= 0.3 is 0 Å². The summed E-state index contributed by atoms with van der Waals surface area (Å²) in [6, 6.07) is 7.54. The minimum absolute atomic E-state index is 0.277. The van der Waals surface area contributed by atoms with E-state index in [1.807, 2.05) is 31.2 Å². The number of halogens is 3. The summed E-state index contributed by atoms with van der Waals surface area (Å²) in [5.41, 5.74) is 1.89. The van der Waals surface area contributed by atoms with Crippen molar-refractivity contribution < 1.29 is 4.79 Å². The van der Waals surface area contributed by atoms with Crippen LogP contribution in [0.2, 0.25) is 0 Å². The van der Waals surface area contributed by atoms with Crippen LogP contribution in [-0.2, 0) is 4.79 Å². The van der Waals surface area contributed by atoms with Crippen molar-refractivity contribution in [1.29, 1.82) is 0 Å². The first kappa shape index (κ1) is 14.4. The van der Waals surface area contributed by atoms with E-state index in [1.165, 1.54) is 6.92 Å². The molecule has 2 N–H and O–H groups in total. The van der Waals surface area contributed by atoms with Crippen molar-refractivity contribution in [3.63, 3.8) is 0 Å². The van der Waals surface area contributed by atoms with Gasteiger partial charge < -0.3 is 10.6 Å².